The Morgan fingerprint density at radius 3 is 1.77 bits per heavy atom. The van der Waals surface area contributed by atoms with Gasteiger partial charge in [-0.05, 0) is 72.1 Å². The van der Waals surface area contributed by atoms with Crippen LogP contribution < -0.4 is 0 Å². The van der Waals surface area contributed by atoms with Crippen molar-refractivity contribution in [2.75, 3.05) is 19.8 Å². The first-order valence-electron chi connectivity index (χ1n) is 12.1. The normalized spacial score (nSPS) is 12.3. The second kappa shape index (κ2) is 16.5. The van der Waals surface area contributed by atoms with Gasteiger partial charge in [0.1, 0.15) is 11.2 Å². The molecule has 0 fully saturated rings. The number of carbonyl (C=O) groups is 2. The molecule has 6 heteroatoms. The highest BCUT2D eigenvalue weighted by Gasteiger charge is 2.24. The number of hydrogen-bond donors (Lipinski definition) is 1. The number of ether oxygens (including phenoxy) is 3. The average molecular weight is 445 g/mol. The molecule has 0 rings (SSSR count). The fourth-order valence-electron chi connectivity index (χ4n) is 3.11. The van der Waals surface area contributed by atoms with Gasteiger partial charge in [0.25, 0.3) is 0 Å². The van der Waals surface area contributed by atoms with Crippen LogP contribution in [0, 0.1) is 5.92 Å². The highest BCUT2D eigenvalue weighted by molar-refractivity contribution is 5.70. The lowest BCUT2D eigenvalue weighted by atomic mass is 9.99. The van der Waals surface area contributed by atoms with Gasteiger partial charge in [0, 0.05) is 32.5 Å². The van der Waals surface area contributed by atoms with Crippen LogP contribution in [-0.2, 0) is 23.8 Å². The van der Waals surface area contributed by atoms with Crippen molar-refractivity contribution in [2.24, 2.45) is 5.92 Å². The summed E-state index contributed by atoms with van der Waals surface area (Å²) in [5.74, 6) is 0.286. The predicted octanol–water partition coefficient (Wildman–Crippen LogP) is 5.59. The van der Waals surface area contributed by atoms with Crippen molar-refractivity contribution in [2.45, 2.75) is 123 Å². The van der Waals surface area contributed by atoms with Crippen molar-refractivity contribution in [3.63, 3.8) is 0 Å². The summed E-state index contributed by atoms with van der Waals surface area (Å²) in [5.41, 5.74) is -1.01. The molecule has 0 radical (unpaired) electrons. The van der Waals surface area contributed by atoms with Gasteiger partial charge in [-0.15, -0.1) is 0 Å². The molecule has 0 spiro atoms. The van der Waals surface area contributed by atoms with Gasteiger partial charge >= 0.3 is 11.9 Å². The summed E-state index contributed by atoms with van der Waals surface area (Å²) in [6.07, 6.45) is 8.17. The molecule has 0 saturated carbocycles. The molecule has 0 aliphatic heterocycles. The average Bonchev–Trinajstić information content (AvgIpc) is 2.63. The third-order valence-electron chi connectivity index (χ3n) is 5.17. The summed E-state index contributed by atoms with van der Waals surface area (Å²) in [4.78, 5) is 24.1. The van der Waals surface area contributed by atoms with E-state index in [4.69, 9.17) is 19.3 Å². The van der Waals surface area contributed by atoms with Crippen LogP contribution in [0.3, 0.4) is 0 Å². The van der Waals surface area contributed by atoms with Crippen molar-refractivity contribution in [3.8, 4) is 0 Å². The zero-order valence-corrected chi connectivity index (χ0v) is 21.0. The molecule has 0 amide bonds. The van der Waals surface area contributed by atoms with Crippen molar-refractivity contribution >= 4 is 11.9 Å². The summed E-state index contributed by atoms with van der Waals surface area (Å²) >= 11 is 0. The minimum absolute atomic E-state index is 0.165. The van der Waals surface area contributed by atoms with Crippen LogP contribution in [-0.4, -0.2) is 48.1 Å². The number of aliphatic hydroxyl groups is 1. The maximum atomic E-state index is 12.1. The Hall–Kier alpha value is -1.14. The zero-order chi connectivity index (χ0) is 23.8. The van der Waals surface area contributed by atoms with Crippen LogP contribution in [0.2, 0.25) is 0 Å². The quantitative estimate of drug-likeness (QED) is 0.207. The molecule has 0 aromatic rings. The molecule has 31 heavy (non-hydrogen) atoms. The molecule has 6 nitrogen and oxygen atoms in total. The molecule has 0 aromatic heterocycles. The van der Waals surface area contributed by atoms with E-state index < -0.39 is 11.2 Å². The summed E-state index contributed by atoms with van der Waals surface area (Å²) in [7, 11) is 0. The van der Waals surface area contributed by atoms with Gasteiger partial charge in [-0.25, -0.2) is 0 Å². The summed E-state index contributed by atoms with van der Waals surface area (Å²) in [5, 5.41) is 8.77. The number of carbonyl (C=O) groups excluding carboxylic acids is 2. The summed E-state index contributed by atoms with van der Waals surface area (Å²) in [6, 6.07) is 0. The summed E-state index contributed by atoms with van der Waals surface area (Å²) < 4.78 is 16.8. The largest absolute Gasteiger partial charge is 0.460 e. The molecule has 184 valence electrons. The topological polar surface area (TPSA) is 82.1 Å². The van der Waals surface area contributed by atoms with Gasteiger partial charge < -0.3 is 19.3 Å². The van der Waals surface area contributed by atoms with E-state index in [1.165, 1.54) is 0 Å². The van der Waals surface area contributed by atoms with E-state index in [9.17, 15) is 9.59 Å². The number of aliphatic hydroxyl groups excluding tert-OH is 1. The van der Waals surface area contributed by atoms with Crippen molar-refractivity contribution in [1.82, 2.24) is 0 Å². The molecule has 0 aliphatic carbocycles. The number of esters is 2. The maximum Gasteiger partial charge on any atom is 0.306 e. The molecular formula is C25H48O6. The van der Waals surface area contributed by atoms with Gasteiger partial charge in [0.15, 0.2) is 0 Å². The lowest BCUT2D eigenvalue weighted by Crippen LogP contribution is -2.29. The van der Waals surface area contributed by atoms with E-state index in [1.807, 2.05) is 27.7 Å². The van der Waals surface area contributed by atoms with Crippen LogP contribution in [0.25, 0.3) is 0 Å². The molecule has 0 aliphatic rings. The van der Waals surface area contributed by atoms with E-state index in [0.717, 1.165) is 58.0 Å². The van der Waals surface area contributed by atoms with Crippen LogP contribution in [0.15, 0.2) is 0 Å². The van der Waals surface area contributed by atoms with E-state index in [1.54, 1.807) is 0 Å². The first-order chi connectivity index (χ1) is 14.5. The fourth-order valence-corrected chi connectivity index (χ4v) is 3.11. The Kier molecular flexibility index (Phi) is 15.9. The Labute approximate surface area is 190 Å². The smallest absolute Gasteiger partial charge is 0.306 e. The first-order valence-corrected chi connectivity index (χ1v) is 12.1. The second-order valence-electron chi connectivity index (χ2n) is 10.1. The van der Waals surface area contributed by atoms with E-state index >= 15 is 0 Å². The highest BCUT2D eigenvalue weighted by Crippen LogP contribution is 2.21. The van der Waals surface area contributed by atoms with Gasteiger partial charge in [-0.2, -0.15) is 0 Å². The Morgan fingerprint density at radius 2 is 1.26 bits per heavy atom. The molecule has 1 N–H and O–H groups in total. The fraction of sp³-hybridized carbons (Fsp3) is 0.920. The van der Waals surface area contributed by atoms with E-state index in [2.05, 4.69) is 13.8 Å². The van der Waals surface area contributed by atoms with Crippen LogP contribution in [0.1, 0.15) is 112 Å². The third kappa shape index (κ3) is 19.3. The monoisotopic (exact) mass is 444 g/mol. The second-order valence-corrected chi connectivity index (χ2v) is 10.1. The summed E-state index contributed by atoms with van der Waals surface area (Å²) in [6.45, 7) is 13.6. The highest BCUT2D eigenvalue weighted by atomic mass is 16.6. The van der Waals surface area contributed by atoms with Gasteiger partial charge in [0.2, 0.25) is 0 Å². The molecule has 0 unspecified atom stereocenters. The Bertz CT molecular complexity index is 484. The molecule has 0 heterocycles. The Balaban J connectivity index is 3.89. The van der Waals surface area contributed by atoms with Gasteiger partial charge in [-0.3, -0.25) is 9.59 Å². The SMILES string of the molecule is CC(C)CCOCCC(C)(C)OC(=O)CCCCCC(C)(C)OC(=O)CCCCCO. The van der Waals surface area contributed by atoms with Gasteiger partial charge in [0.05, 0.1) is 6.61 Å². The number of rotatable bonds is 19. The predicted molar refractivity (Wildman–Crippen MR) is 124 cm³/mol. The minimum Gasteiger partial charge on any atom is -0.460 e. The molecule has 0 aromatic carbocycles. The zero-order valence-electron chi connectivity index (χ0n) is 21.0. The van der Waals surface area contributed by atoms with Crippen LogP contribution in [0.4, 0.5) is 0 Å². The van der Waals surface area contributed by atoms with Crippen molar-refractivity contribution in [3.05, 3.63) is 0 Å². The molecule has 0 bridgehead atoms. The number of unbranched alkanes of at least 4 members (excludes halogenated alkanes) is 4. The first kappa shape index (κ1) is 29.9. The standard InChI is InChI=1S/C25H48O6/c1-21(2)15-19-29-20-17-25(5,6)31-23(28)13-9-7-11-16-24(3,4)30-22(27)14-10-8-12-18-26/h21,26H,7-20H2,1-6H3. The van der Waals surface area contributed by atoms with Gasteiger partial charge in [-0.1, -0.05) is 26.7 Å². The lowest BCUT2D eigenvalue weighted by molar-refractivity contribution is -0.158. The van der Waals surface area contributed by atoms with Crippen molar-refractivity contribution < 1.29 is 28.9 Å². The number of hydrogen-bond acceptors (Lipinski definition) is 6. The minimum atomic E-state index is -0.512. The molecule has 0 saturated heterocycles. The van der Waals surface area contributed by atoms with Crippen LogP contribution in [0.5, 0.6) is 0 Å². The maximum absolute atomic E-state index is 12.1. The Morgan fingerprint density at radius 1 is 0.742 bits per heavy atom. The third-order valence-corrected chi connectivity index (χ3v) is 5.17. The molecular weight excluding hydrogens is 396 g/mol. The van der Waals surface area contributed by atoms with E-state index in [-0.39, 0.29) is 18.5 Å². The van der Waals surface area contributed by atoms with E-state index in [0.29, 0.717) is 31.8 Å². The van der Waals surface area contributed by atoms with Crippen LogP contribution >= 0.6 is 0 Å². The lowest BCUT2D eigenvalue weighted by Gasteiger charge is -2.26. The van der Waals surface area contributed by atoms with Crippen molar-refractivity contribution in [1.29, 1.82) is 0 Å². The molecule has 0 atom stereocenters.